The molecule has 4 rings (SSSR count). The van der Waals surface area contributed by atoms with Gasteiger partial charge in [-0.3, -0.25) is 4.57 Å². The van der Waals surface area contributed by atoms with Gasteiger partial charge in [-0.1, -0.05) is 25.3 Å². The van der Waals surface area contributed by atoms with Gasteiger partial charge in [0.1, 0.15) is 24.3 Å². The van der Waals surface area contributed by atoms with Gasteiger partial charge in [-0.2, -0.15) is 0 Å². The van der Waals surface area contributed by atoms with E-state index in [4.69, 9.17) is 10.7 Å². The van der Waals surface area contributed by atoms with Crippen LogP contribution in [0.25, 0.3) is 16.9 Å². The highest BCUT2D eigenvalue weighted by Crippen LogP contribution is 2.37. The highest BCUT2D eigenvalue weighted by molar-refractivity contribution is 5.82. The molecule has 0 radical (unpaired) electrons. The molecule has 1 saturated carbocycles. The van der Waals surface area contributed by atoms with Gasteiger partial charge in [0.2, 0.25) is 0 Å². The quantitative estimate of drug-likeness (QED) is 0.772. The molecule has 5 nitrogen and oxygen atoms in total. The molecule has 0 unspecified atom stereocenters. The third-order valence-electron chi connectivity index (χ3n) is 5.20. The van der Waals surface area contributed by atoms with Gasteiger partial charge in [0.15, 0.2) is 0 Å². The van der Waals surface area contributed by atoms with Gasteiger partial charge in [-0.15, -0.1) is 0 Å². The molecule has 0 saturated heterocycles. The van der Waals surface area contributed by atoms with Crippen molar-refractivity contribution in [2.45, 2.75) is 51.9 Å². The molecule has 124 valence electrons. The summed E-state index contributed by atoms with van der Waals surface area (Å²) < 4.78 is 2.04. The molecule has 0 bridgehead atoms. The number of rotatable bonds is 2. The number of aryl methyl sites for hydroxylation is 1. The molecule has 0 spiro atoms. The molecule has 1 aliphatic carbocycles. The smallest absolute Gasteiger partial charge is 0.146 e. The van der Waals surface area contributed by atoms with Crippen LogP contribution in [-0.2, 0) is 0 Å². The average Bonchev–Trinajstić information content (AvgIpc) is 3.01. The van der Waals surface area contributed by atoms with Crippen LogP contribution in [0.3, 0.4) is 0 Å². The van der Waals surface area contributed by atoms with Crippen LogP contribution in [0.2, 0.25) is 0 Å². The van der Waals surface area contributed by atoms with Gasteiger partial charge in [-0.05, 0) is 49.8 Å². The number of nitrogens with two attached hydrogens (primary N) is 1. The number of nitrogen functional groups attached to an aromatic ring is 1. The molecule has 1 fully saturated rings. The van der Waals surface area contributed by atoms with Crippen molar-refractivity contribution in [2.75, 3.05) is 5.73 Å². The lowest BCUT2D eigenvalue weighted by Gasteiger charge is -2.22. The zero-order valence-corrected chi connectivity index (χ0v) is 14.3. The zero-order chi connectivity index (χ0) is 16.7. The first kappa shape index (κ1) is 15.1. The van der Waals surface area contributed by atoms with E-state index in [0.717, 1.165) is 22.4 Å². The fraction of sp³-hybridized carbons (Fsp3) is 0.421. The summed E-state index contributed by atoms with van der Waals surface area (Å²) in [6.45, 7) is 4.11. The van der Waals surface area contributed by atoms with E-state index in [1.165, 1.54) is 49.6 Å². The first-order valence-corrected chi connectivity index (χ1v) is 8.70. The largest absolute Gasteiger partial charge is 0.383 e. The summed E-state index contributed by atoms with van der Waals surface area (Å²) in [6, 6.07) is 4.50. The van der Waals surface area contributed by atoms with Crippen molar-refractivity contribution in [3.63, 3.8) is 0 Å². The third kappa shape index (κ3) is 2.44. The molecule has 1 aliphatic rings. The van der Waals surface area contributed by atoms with Crippen LogP contribution in [0.4, 0.5) is 5.82 Å². The Kier molecular flexibility index (Phi) is 3.71. The Morgan fingerprint density at radius 1 is 1.04 bits per heavy atom. The highest BCUT2D eigenvalue weighted by atomic mass is 15.1. The molecule has 1 aromatic carbocycles. The van der Waals surface area contributed by atoms with Crippen molar-refractivity contribution in [3.8, 4) is 5.82 Å². The molecule has 2 heterocycles. The van der Waals surface area contributed by atoms with E-state index in [0.29, 0.717) is 11.7 Å². The van der Waals surface area contributed by atoms with E-state index < -0.39 is 0 Å². The molecule has 0 atom stereocenters. The summed E-state index contributed by atoms with van der Waals surface area (Å²) in [5.41, 5.74) is 11.7. The summed E-state index contributed by atoms with van der Waals surface area (Å²) in [7, 11) is 0. The number of nitrogens with zero attached hydrogens (tertiary/aromatic N) is 4. The fourth-order valence-corrected chi connectivity index (χ4v) is 3.88. The van der Waals surface area contributed by atoms with Gasteiger partial charge in [0.05, 0.1) is 11.0 Å². The topological polar surface area (TPSA) is 69.6 Å². The molecular formula is C19H23N5. The predicted octanol–water partition coefficient (Wildman–Crippen LogP) is 4.06. The Bertz CT molecular complexity index is 890. The first-order chi connectivity index (χ1) is 11.6. The molecular weight excluding hydrogens is 298 g/mol. The Morgan fingerprint density at radius 2 is 1.83 bits per heavy atom. The van der Waals surface area contributed by atoms with Crippen LogP contribution in [-0.4, -0.2) is 19.5 Å². The Hall–Kier alpha value is -2.43. The normalized spacial score (nSPS) is 15.9. The maximum absolute atomic E-state index is 5.96. The number of hydrogen-bond acceptors (Lipinski definition) is 4. The fourth-order valence-electron chi connectivity index (χ4n) is 3.88. The van der Waals surface area contributed by atoms with Crippen molar-refractivity contribution in [3.05, 3.63) is 41.5 Å². The van der Waals surface area contributed by atoms with Crippen LogP contribution in [0.5, 0.6) is 0 Å². The monoisotopic (exact) mass is 321 g/mol. The first-order valence-electron chi connectivity index (χ1n) is 8.70. The standard InChI is InChI=1S/C19H23N5/c1-12-8-15(14-6-4-3-5-7-14)17-16(9-12)24(11-23-17)19-13(2)18(20)21-10-22-19/h8-11,14H,3-7H2,1-2H3,(H2,20,21,22). The SMILES string of the molecule is Cc1cc(C2CCCCC2)c2ncn(-c3ncnc(N)c3C)c2c1. The minimum Gasteiger partial charge on any atom is -0.383 e. The van der Waals surface area contributed by atoms with E-state index in [9.17, 15) is 0 Å². The number of imidazole rings is 1. The van der Waals surface area contributed by atoms with Crippen LogP contribution in [0.1, 0.15) is 54.7 Å². The summed E-state index contributed by atoms with van der Waals surface area (Å²) in [4.78, 5) is 13.3. The van der Waals surface area contributed by atoms with E-state index in [2.05, 4.69) is 29.0 Å². The van der Waals surface area contributed by atoms with Gasteiger partial charge < -0.3 is 5.73 Å². The van der Waals surface area contributed by atoms with Crippen molar-refractivity contribution in [2.24, 2.45) is 0 Å². The molecule has 2 aromatic heterocycles. The van der Waals surface area contributed by atoms with E-state index in [-0.39, 0.29) is 0 Å². The average molecular weight is 321 g/mol. The Morgan fingerprint density at radius 3 is 2.62 bits per heavy atom. The van der Waals surface area contributed by atoms with Gasteiger partial charge in [0, 0.05) is 5.56 Å². The summed E-state index contributed by atoms with van der Waals surface area (Å²) in [5.74, 6) is 1.95. The predicted molar refractivity (Wildman–Crippen MR) is 96.4 cm³/mol. The van der Waals surface area contributed by atoms with Crippen molar-refractivity contribution >= 4 is 16.9 Å². The van der Waals surface area contributed by atoms with Crippen LogP contribution < -0.4 is 5.73 Å². The van der Waals surface area contributed by atoms with Gasteiger partial charge in [0.25, 0.3) is 0 Å². The van der Waals surface area contributed by atoms with Gasteiger partial charge >= 0.3 is 0 Å². The maximum Gasteiger partial charge on any atom is 0.146 e. The van der Waals surface area contributed by atoms with Crippen LogP contribution in [0.15, 0.2) is 24.8 Å². The zero-order valence-electron chi connectivity index (χ0n) is 14.3. The Labute approximate surface area is 142 Å². The van der Waals surface area contributed by atoms with Crippen molar-refractivity contribution in [1.82, 2.24) is 19.5 Å². The molecule has 0 aliphatic heterocycles. The van der Waals surface area contributed by atoms with Crippen molar-refractivity contribution in [1.29, 1.82) is 0 Å². The lowest BCUT2D eigenvalue weighted by atomic mass is 9.83. The second-order valence-electron chi connectivity index (χ2n) is 6.88. The van der Waals surface area contributed by atoms with Crippen molar-refractivity contribution < 1.29 is 0 Å². The van der Waals surface area contributed by atoms with Crippen LogP contribution >= 0.6 is 0 Å². The highest BCUT2D eigenvalue weighted by Gasteiger charge is 2.21. The molecule has 2 N–H and O–H groups in total. The lowest BCUT2D eigenvalue weighted by molar-refractivity contribution is 0.445. The number of aromatic nitrogens is 4. The Balaban J connectivity index is 1.90. The second kappa shape index (κ2) is 5.89. The van der Waals surface area contributed by atoms with E-state index in [1.54, 1.807) is 0 Å². The van der Waals surface area contributed by atoms with E-state index >= 15 is 0 Å². The molecule has 3 aromatic rings. The summed E-state index contributed by atoms with van der Waals surface area (Å²) in [6.07, 6.45) is 9.92. The number of benzene rings is 1. The molecule has 24 heavy (non-hydrogen) atoms. The van der Waals surface area contributed by atoms with Crippen LogP contribution in [0, 0.1) is 13.8 Å². The number of hydrogen-bond donors (Lipinski definition) is 1. The summed E-state index contributed by atoms with van der Waals surface area (Å²) >= 11 is 0. The second-order valence-corrected chi connectivity index (χ2v) is 6.88. The number of anilines is 1. The lowest BCUT2D eigenvalue weighted by Crippen LogP contribution is -2.06. The minimum atomic E-state index is 0.516. The number of fused-ring (bicyclic) bond motifs is 1. The van der Waals surface area contributed by atoms with E-state index in [1.807, 2.05) is 17.8 Å². The third-order valence-corrected chi connectivity index (χ3v) is 5.20. The maximum atomic E-state index is 5.96. The molecule has 5 heteroatoms. The summed E-state index contributed by atoms with van der Waals surface area (Å²) in [5, 5.41) is 0. The van der Waals surface area contributed by atoms with Gasteiger partial charge in [-0.25, -0.2) is 15.0 Å². The minimum absolute atomic E-state index is 0.516. The molecule has 0 amide bonds.